The molecule has 192 valence electrons. The molecule has 0 bridgehead atoms. The van der Waals surface area contributed by atoms with Gasteiger partial charge in [0.25, 0.3) is 0 Å². The van der Waals surface area contributed by atoms with Crippen LogP contribution in [0.15, 0.2) is 48.5 Å². The Kier molecular flexibility index (Phi) is 9.68. The monoisotopic (exact) mass is 492 g/mol. The number of carbonyl (C=O) groups is 3. The van der Waals surface area contributed by atoms with Crippen molar-refractivity contribution in [3.05, 3.63) is 59.8 Å². The van der Waals surface area contributed by atoms with Crippen LogP contribution in [0, 0.1) is 6.92 Å². The van der Waals surface area contributed by atoms with Gasteiger partial charge in [-0.2, -0.15) is 0 Å². The Morgan fingerprint density at radius 2 is 1.67 bits per heavy atom. The van der Waals surface area contributed by atoms with Crippen molar-refractivity contribution >= 4 is 34.4 Å². The molecule has 0 aliphatic rings. The number of hydrogen-bond acceptors (Lipinski definition) is 4. The number of esters is 1. The van der Waals surface area contributed by atoms with Gasteiger partial charge in [-0.05, 0) is 56.4 Å². The number of benzene rings is 2. The van der Waals surface area contributed by atoms with Gasteiger partial charge in [0.05, 0.1) is 11.2 Å². The maximum absolute atomic E-state index is 12.8. The molecule has 0 unspecified atom stereocenters. The molecule has 0 fully saturated rings. The molecule has 0 atom stereocenters. The van der Waals surface area contributed by atoms with Crippen molar-refractivity contribution in [1.82, 2.24) is 4.57 Å². The maximum Gasteiger partial charge on any atom is 0.308 e. The fourth-order valence-corrected chi connectivity index (χ4v) is 4.71. The minimum atomic E-state index is -0.778. The van der Waals surface area contributed by atoms with Gasteiger partial charge in [-0.15, -0.1) is 0 Å². The van der Waals surface area contributed by atoms with Crippen molar-refractivity contribution in [3.63, 3.8) is 0 Å². The van der Waals surface area contributed by atoms with Gasteiger partial charge in [-0.1, -0.05) is 43.2 Å². The quantitative estimate of drug-likeness (QED) is 0.182. The molecule has 0 aliphatic heterocycles. The van der Waals surface area contributed by atoms with Gasteiger partial charge in [0, 0.05) is 44.4 Å². The molecule has 0 spiro atoms. The molecule has 3 rings (SSSR count). The van der Waals surface area contributed by atoms with E-state index < -0.39 is 5.97 Å². The number of carbonyl (C=O) groups excluding carboxylic acids is 2. The van der Waals surface area contributed by atoms with E-state index in [2.05, 4.69) is 16.7 Å². The Labute approximate surface area is 212 Å². The summed E-state index contributed by atoms with van der Waals surface area (Å²) in [5, 5.41) is 9.71. The van der Waals surface area contributed by atoms with E-state index in [1.807, 2.05) is 37.3 Å². The standard InChI is InChI=1S/C29H36N2O5/c1-21-29(31(22(2)32)18-10-5-4-9-15-28(34)35)26-20-25(36-23(3)33)16-17-27(26)30(21)19-11-14-24-12-7-6-8-13-24/h6-8,12-13,16-17,20H,4-5,9-11,14-15,18-19H2,1-3H3,(H,34,35). The lowest BCUT2D eigenvalue weighted by Gasteiger charge is -2.22. The highest BCUT2D eigenvalue weighted by Crippen LogP contribution is 2.37. The molecule has 1 N–H and O–H groups in total. The number of hydrogen-bond donors (Lipinski definition) is 1. The topological polar surface area (TPSA) is 88.8 Å². The second-order valence-electron chi connectivity index (χ2n) is 9.18. The van der Waals surface area contributed by atoms with Crippen LogP contribution in [0.4, 0.5) is 5.69 Å². The first-order chi connectivity index (χ1) is 17.3. The number of carboxylic acid groups (broad SMARTS) is 1. The molecule has 7 nitrogen and oxygen atoms in total. The number of fused-ring (bicyclic) bond motifs is 1. The third-order valence-electron chi connectivity index (χ3n) is 6.39. The summed E-state index contributed by atoms with van der Waals surface area (Å²) in [7, 11) is 0. The molecular formula is C29H36N2O5. The Morgan fingerprint density at radius 3 is 2.33 bits per heavy atom. The van der Waals surface area contributed by atoms with Crippen molar-refractivity contribution < 1.29 is 24.2 Å². The molecule has 1 heterocycles. The van der Waals surface area contributed by atoms with Crippen molar-refractivity contribution in [2.75, 3.05) is 11.4 Å². The van der Waals surface area contributed by atoms with Gasteiger partial charge < -0.3 is 19.3 Å². The van der Waals surface area contributed by atoms with Gasteiger partial charge in [0.1, 0.15) is 5.75 Å². The Hall–Kier alpha value is -3.61. The Morgan fingerprint density at radius 1 is 0.944 bits per heavy atom. The number of anilines is 1. The average molecular weight is 493 g/mol. The minimum absolute atomic E-state index is 0.0511. The summed E-state index contributed by atoms with van der Waals surface area (Å²) < 4.78 is 7.59. The van der Waals surface area contributed by atoms with E-state index in [1.165, 1.54) is 12.5 Å². The molecule has 0 radical (unpaired) electrons. The first-order valence-electron chi connectivity index (χ1n) is 12.6. The predicted octanol–water partition coefficient (Wildman–Crippen LogP) is 5.90. The van der Waals surface area contributed by atoms with Crippen LogP contribution in [-0.4, -0.2) is 34.1 Å². The second kappa shape index (κ2) is 12.9. The Balaban J connectivity index is 1.87. The van der Waals surface area contributed by atoms with Crippen LogP contribution in [0.1, 0.15) is 63.6 Å². The van der Waals surface area contributed by atoms with Crippen LogP contribution in [0.25, 0.3) is 10.9 Å². The van der Waals surface area contributed by atoms with E-state index in [1.54, 1.807) is 17.9 Å². The summed E-state index contributed by atoms with van der Waals surface area (Å²) in [5.41, 5.74) is 4.13. The van der Waals surface area contributed by atoms with Crippen molar-refractivity contribution in [1.29, 1.82) is 0 Å². The van der Waals surface area contributed by atoms with Gasteiger partial charge in [0.2, 0.25) is 5.91 Å². The summed E-state index contributed by atoms with van der Waals surface area (Å²) in [6.07, 6.45) is 5.16. The largest absolute Gasteiger partial charge is 0.481 e. The molecule has 1 aromatic heterocycles. The summed E-state index contributed by atoms with van der Waals surface area (Å²) in [6, 6.07) is 16.0. The number of aliphatic carboxylic acids is 1. The number of aromatic nitrogens is 1. The lowest BCUT2D eigenvalue weighted by molar-refractivity contribution is -0.137. The Bertz CT molecular complexity index is 1200. The van der Waals surface area contributed by atoms with E-state index in [4.69, 9.17) is 9.84 Å². The summed E-state index contributed by atoms with van der Waals surface area (Å²) in [5.74, 6) is -0.765. The number of carboxylic acids is 1. The number of unbranched alkanes of at least 4 members (excludes halogenated alkanes) is 3. The van der Waals surface area contributed by atoms with E-state index in [-0.39, 0.29) is 18.3 Å². The minimum Gasteiger partial charge on any atom is -0.481 e. The normalized spacial score (nSPS) is 11.0. The van der Waals surface area contributed by atoms with E-state index in [0.717, 1.165) is 60.9 Å². The highest BCUT2D eigenvalue weighted by molar-refractivity contribution is 6.05. The van der Waals surface area contributed by atoms with Crippen molar-refractivity contribution in [2.45, 2.75) is 72.3 Å². The van der Waals surface area contributed by atoms with Crippen LogP contribution >= 0.6 is 0 Å². The van der Waals surface area contributed by atoms with Crippen LogP contribution in [0.5, 0.6) is 5.75 Å². The number of amides is 1. The van der Waals surface area contributed by atoms with Gasteiger partial charge in [0.15, 0.2) is 0 Å². The maximum atomic E-state index is 12.8. The van der Waals surface area contributed by atoms with E-state index in [0.29, 0.717) is 18.7 Å². The molecule has 0 saturated heterocycles. The van der Waals surface area contributed by atoms with E-state index >= 15 is 0 Å². The lowest BCUT2D eigenvalue weighted by atomic mass is 10.1. The zero-order valence-corrected chi connectivity index (χ0v) is 21.5. The SMILES string of the molecule is CC(=O)Oc1ccc2c(c1)c(N(CCCCCCC(=O)O)C(C)=O)c(C)n2CCCc1ccccc1. The predicted molar refractivity (Wildman–Crippen MR) is 141 cm³/mol. The summed E-state index contributed by atoms with van der Waals surface area (Å²) in [4.78, 5) is 36.9. The van der Waals surface area contributed by atoms with Gasteiger partial charge in [-0.3, -0.25) is 14.4 Å². The van der Waals surface area contributed by atoms with Crippen LogP contribution < -0.4 is 9.64 Å². The number of rotatable bonds is 13. The molecule has 0 saturated carbocycles. The van der Waals surface area contributed by atoms with Crippen molar-refractivity contribution in [3.8, 4) is 5.75 Å². The number of aryl methyl sites for hydroxylation is 2. The van der Waals surface area contributed by atoms with Crippen molar-refractivity contribution in [2.24, 2.45) is 0 Å². The molecular weight excluding hydrogens is 456 g/mol. The van der Waals surface area contributed by atoms with Gasteiger partial charge >= 0.3 is 11.9 Å². The molecule has 0 aliphatic carbocycles. The van der Waals surface area contributed by atoms with Gasteiger partial charge in [-0.25, -0.2) is 0 Å². The number of nitrogens with zero attached hydrogens (tertiary/aromatic N) is 2. The van der Waals surface area contributed by atoms with Crippen LogP contribution in [0.2, 0.25) is 0 Å². The average Bonchev–Trinajstić information content (AvgIpc) is 3.09. The smallest absolute Gasteiger partial charge is 0.308 e. The fourth-order valence-electron chi connectivity index (χ4n) is 4.71. The molecule has 7 heteroatoms. The van der Waals surface area contributed by atoms with Crippen LogP contribution in [0.3, 0.4) is 0 Å². The highest BCUT2D eigenvalue weighted by atomic mass is 16.5. The number of ether oxygens (including phenoxy) is 1. The van der Waals surface area contributed by atoms with E-state index in [9.17, 15) is 14.4 Å². The zero-order valence-electron chi connectivity index (χ0n) is 21.5. The summed E-state index contributed by atoms with van der Waals surface area (Å²) in [6.45, 7) is 6.32. The molecule has 36 heavy (non-hydrogen) atoms. The molecule has 2 aromatic carbocycles. The molecule has 1 amide bonds. The highest BCUT2D eigenvalue weighted by Gasteiger charge is 2.22. The zero-order chi connectivity index (χ0) is 26.1. The second-order valence-corrected chi connectivity index (χ2v) is 9.18. The lowest BCUT2D eigenvalue weighted by Crippen LogP contribution is -2.30. The third kappa shape index (κ3) is 7.20. The first kappa shape index (κ1) is 27.0. The fraction of sp³-hybridized carbons (Fsp3) is 0.414. The molecule has 3 aromatic rings. The summed E-state index contributed by atoms with van der Waals surface area (Å²) >= 11 is 0. The first-order valence-corrected chi connectivity index (χ1v) is 12.6. The van der Waals surface area contributed by atoms with Crippen LogP contribution in [-0.2, 0) is 27.3 Å². The third-order valence-corrected chi connectivity index (χ3v) is 6.39.